The van der Waals surface area contributed by atoms with Gasteiger partial charge in [-0.3, -0.25) is 4.79 Å². The minimum Gasteiger partial charge on any atom is -0.434 e. The molecule has 0 unspecified atom stereocenters. The number of hydrogen-bond donors (Lipinski definition) is 2. The molecule has 0 spiro atoms. The lowest BCUT2D eigenvalue weighted by Gasteiger charge is -2.16. The van der Waals surface area contributed by atoms with Gasteiger partial charge >= 0.3 is 6.18 Å². The van der Waals surface area contributed by atoms with E-state index in [9.17, 15) is 26.6 Å². The van der Waals surface area contributed by atoms with Crippen LogP contribution in [0.1, 0.15) is 21.6 Å². The summed E-state index contributed by atoms with van der Waals surface area (Å²) in [6.45, 7) is 0.997. The van der Waals surface area contributed by atoms with E-state index in [2.05, 4.69) is 15.5 Å². The Hall–Kier alpha value is -3.25. The smallest absolute Gasteiger partial charge is 0.434 e. The third kappa shape index (κ3) is 5.57. The summed E-state index contributed by atoms with van der Waals surface area (Å²) >= 11 is 5.69. The van der Waals surface area contributed by atoms with Crippen LogP contribution in [0.15, 0.2) is 47.4 Å². The summed E-state index contributed by atoms with van der Waals surface area (Å²) in [4.78, 5) is 13.1. The van der Waals surface area contributed by atoms with E-state index in [0.29, 0.717) is 0 Å². The number of aromatic nitrogens is 2. The van der Waals surface area contributed by atoms with Crippen molar-refractivity contribution in [2.45, 2.75) is 18.0 Å². The highest BCUT2D eigenvalue weighted by molar-refractivity contribution is 7.91. The van der Waals surface area contributed by atoms with E-state index in [1.807, 2.05) is 0 Å². The highest BCUT2D eigenvalue weighted by atomic mass is 35.5. The standard InChI is InChI=1S/C20H15ClF4N4O3S/c1-10-16(18(30)27-12-4-3-5-13(9-12)33(2,26)31)19(29-28-17(10)20(23,24)25)32-15-7-6-11(21)8-14(15)22/h3-9,26H,1-2H3,(H,27,30)/t33-/m0/s1. The van der Waals surface area contributed by atoms with E-state index in [1.54, 1.807) is 0 Å². The van der Waals surface area contributed by atoms with Crippen molar-refractivity contribution in [3.8, 4) is 11.6 Å². The van der Waals surface area contributed by atoms with E-state index in [-0.39, 0.29) is 15.6 Å². The molecule has 3 rings (SSSR count). The Balaban J connectivity index is 2.08. The van der Waals surface area contributed by atoms with Crippen molar-refractivity contribution >= 4 is 32.9 Å². The lowest BCUT2D eigenvalue weighted by Crippen LogP contribution is -2.21. The molecular weight excluding hydrogens is 488 g/mol. The molecular formula is C20H15ClF4N4O3S. The van der Waals surface area contributed by atoms with Gasteiger partial charge in [-0.25, -0.2) is 13.4 Å². The summed E-state index contributed by atoms with van der Waals surface area (Å²) in [5.74, 6) is -3.12. The number of anilines is 1. The number of rotatable bonds is 5. The topological polar surface area (TPSA) is 105 Å². The number of halogens is 5. The van der Waals surface area contributed by atoms with Crippen LogP contribution in [-0.2, 0) is 15.9 Å². The molecule has 0 aliphatic heterocycles. The van der Waals surface area contributed by atoms with E-state index in [1.165, 1.54) is 36.6 Å². The minimum atomic E-state index is -4.92. The van der Waals surface area contributed by atoms with Gasteiger partial charge in [-0.2, -0.15) is 13.2 Å². The Morgan fingerprint density at radius 3 is 2.48 bits per heavy atom. The van der Waals surface area contributed by atoms with Gasteiger partial charge in [0.15, 0.2) is 17.3 Å². The van der Waals surface area contributed by atoms with Gasteiger partial charge in [0.1, 0.15) is 5.56 Å². The van der Waals surface area contributed by atoms with E-state index >= 15 is 0 Å². The zero-order valence-corrected chi connectivity index (χ0v) is 18.5. The average Bonchev–Trinajstić information content (AvgIpc) is 2.68. The SMILES string of the molecule is Cc1c(C(F)(F)F)nnc(Oc2ccc(Cl)cc2F)c1C(=O)Nc1cccc([S@@](C)(=N)=O)c1. The van der Waals surface area contributed by atoms with Crippen molar-refractivity contribution in [1.82, 2.24) is 10.2 Å². The van der Waals surface area contributed by atoms with Crippen LogP contribution in [0.2, 0.25) is 5.02 Å². The minimum absolute atomic E-state index is 0.0503. The van der Waals surface area contributed by atoms with Crippen LogP contribution in [0.4, 0.5) is 23.2 Å². The predicted molar refractivity (Wildman–Crippen MR) is 113 cm³/mol. The number of ether oxygens (including phenoxy) is 1. The van der Waals surface area contributed by atoms with Gasteiger partial charge in [0.2, 0.25) is 0 Å². The molecule has 2 aromatic carbocycles. The molecule has 7 nitrogen and oxygen atoms in total. The lowest BCUT2D eigenvalue weighted by molar-refractivity contribution is -0.142. The van der Waals surface area contributed by atoms with Crippen molar-refractivity contribution in [3.63, 3.8) is 0 Å². The normalized spacial score (nSPS) is 13.3. The monoisotopic (exact) mass is 502 g/mol. The Bertz CT molecular complexity index is 1350. The number of alkyl halides is 3. The first-order valence-electron chi connectivity index (χ1n) is 9.00. The Morgan fingerprint density at radius 1 is 1.18 bits per heavy atom. The fourth-order valence-corrected chi connectivity index (χ4v) is 3.63. The molecule has 0 saturated carbocycles. The Kier molecular flexibility index (Phi) is 6.61. The van der Waals surface area contributed by atoms with Crippen molar-refractivity contribution in [3.05, 3.63) is 70.1 Å². The number of carbonyl (C=O) groups excluding carboxylic acids is 1. The zero-order valence-electron chi connectivity index (χ0n) is 17.0. The van der Waals surface area contributed by atoms with Crippen molar-refractivity contribution in [2.24, 2.45) is 0 Å². The first-order chi connectivity index (χ1) is 15.3. The molecule has 1 aromatic heterocycles. The van der Waals surface area contributed by atoms with Gasteiger partial charge in [0.25, 0.3) is 11.8 Å². The highest BCUT2D eigenvalue weighted by Gasteiger charge is 2.38. The van der Waals surface area contributed by atoms with Gasteiger partial charge in [-0.1, -0.05) is 17.7 Å². The van der Waals surface area contributed by atoms with Gasteiger partial charge < -0.3 is 10.1 Å². The summed E-state index contributed by atoms with van der Waals surface area (Å²) in [7, 11) is -3.12. The molecule has 33 heavy (non-hydrogen) atoms. The van der Waals surface area contributed by atoms with Crippen molar-refractivity contribution in [1.29, 1.82) is 4.78 Å². The maximum absolute atomic E-state index is 14.2. The molecule has 0 aliphatic carbocycles. The second kappa shape index (κ2) is 8.94. The molecule has 0 bridgehead atoms. The summed E-state index contributed by atoms with van der Waals surface area (Å²) in [6.07, 6.45) is -3.75. The summed E-state index contributed by atoms with van der Waals surface area (Å²) < 4.78 is 79.1. The van der Waals surface area contributed by atoms with Crippen molar-refractivity contribution < 1.29 is 31.3 Å². The number of amides is 1. The molecule has 3 aromatic rings. The molecule has 1 atom stereocenters. The van der Waals surface area contributed by atoms with Crippen LogP contribution in [-0.4, -0.2) is 26.6 Å². The van der Waals surface area contributed by atoms with Crippen LogP contribution < -0.4 is 10.1 Å². The number of carbonyl (C=O) groups is 1. The third-order valence-electron chi connectivity index (χ3n) is 4.32. The number of nitrogens with zero attached hydrogens (tertiary/aromatic N) is 2. The maximum Gasteiger partial charge on any atom is 0.435 e. The molecule has 0 saturated heterocycles. The van der Waals surface area contributed by atoms with Gasteiger partial charge in [0.05, 0.1) is 9.73 Å². The first-order valence-corrected chi connectivity index (χ1v) is 11.3. The lowest BCUT2D eigenvalue weighted by atomic mass is 10.1. The highest BCUT2D eigenvalue weighted by Crippen LogP contribution is 2.35. The fourth-order valence-electron chi connectivity index (χ4n) is 2.78. The zero-order chi connectivity index (χ0) is 24.6. The Morgan fingerprint density at radius 2 is 1.88 bits per heavy atom. The molecule has 1 amide bonds. The van der Waals surface area contributed by atoms with Crippen LogP contribution >= 0.6 is 11.6 Å². The van der Waals surface area contributed by atoms with Crippen molar-refractivity contribution in [2.75, 3.05) is 11.6 Å². The van der Waals surface area contributed by atoms with Crippen LogP contribution in [0.5, 0.6) is 11.6 Å². The molecule has 174 valence electrons. The molecule has 13 heteroatoms. The van der Waals surface area contributed by atoms with E-state index < -0.39 is 56.1 Å². The van der Waals surface area contributed by atoms with E-state index in [0.717, 1.165) is 19.1 Å². The molecule has 0 radical (unpaired) electrons. The largest absolute Gasteiger partial charge is 0.435 e. The summed E-state index contributed by atoms with van der Waals surface area (Å²) in [6, 6.07) is 8.77. The fraction of sp³-hybridized carbons (Fsp3) is 0.150. The third-order valence-corrected chi connectivity index (χ3v) is 5.71. The quantitative estimate of drug-likeness (QED) is 0.437. The second-order valence-corrected chi connectivity index (χ2v) is 9.45. The number of hydrogen-bond acceptors (Lipinski definition) is 6. The van der Waals surface area contributed by atoms with Gasteiger partial charge in [0, 0.05) is 21.9 Å². The molecule has 2 N–H and O–H groups in total. The maximum atomic E-state index is 14.2. The van der Waals surface area contributed by atoms with E-state index in [4.69, 9.17) is 21.1 Å². The van der Waals surface area contributed by atoms with Crippen LogP contribution in [0.3, 0.4) is 0 Å². The number of benzene rings is 2. The summed E-state index contributed by atoms with van der Waals surface area (Å²) in [5.41, 5.74) is -2.60. The summed E-state index contributed by atoms with van der Waals surface area (Å²) in [5, 5.41) is 8.87. The van der Waals surface area contributed by atoms with Crippen LogP contribution in [0, 0.1) is 17.5 Å². The molecule has 0 aliphatic rings. The average molecular weight is 503 g/mol. The predicted octanol–water partition coefficient (Wildman–Crippen LogP) is 5.68. The number of nitrogens with one attached hydrogen (secondary N) is 2. The first kappa shape index (κ1) is 24.4. The molecule has 1 heterocycles. The van der Waals surface area contributed by atoms with Gasteiger partial charge in [-0.05, 0) is 48.9 Å². The van der Waals surface area contributed by atoms with Gasteiger partial charge in [-0.15, -0.1) is 10.2 Å². The molecule has 0 fully saturated rings. The Labute approximate surface area is 190 Å². The van der Waals surface area contributed by atoms with Crippen LogP contribution in [0.25, 0.3) is 0 Å². The second-order valence-electron chi connectivity index (χ2n) is 6.85.